The Morgan fingerprint density at radius 2 is 1.77 bits per heavy atom. The quantitative estimate of drug-likeness (QED) is 0.301. The van der Waals surface area contributed by atoms with E-state index in [1.165, 1.54) is 19.1 Å². The van der Waals surface area contributed by atoms with Gasteiger partial charge in [-0.1, -0.05) is 44.2 Å². The van der Waals surface area contributed by atoms with Gasteiger partial charge in [-0.3, -0.25) is 14.6 Å². The van der Waals surface area contributed by atoms with Gasteiger partial charge in [0.1, 0.15) is 17.3 Å². The highest BCUT2D eigenvalue weighted by molar-refractivity contribution is 6.46. The number of rotatable bonds is 7. The number of aliphatic hydroxyl groups excluding tert-OH is 1. The van der Waals surface area contributed by atoms with Gasteiger partial charge < -0.3 is 19.5 Å². The van der Waals surface area contributed by atoms with E-state index in [1.807, 2.05) is 30.3 Å². The normalized spacial score (nSPS) is 17.2. The van der Waals surface area contributed by atoms with Crippen molar-refractivity contribution < 1.29 is 24.2 Å². The molecule has 0 bridgehead atoms. The van der Waals surface area contributed by atoms with Crippen molar-refractivity contribution in [2.45, 2.75) is 32.4 Å². The lowest BCUT2D eigenvalue weighted by atomic mass is 9.93. The number of ether oxygens (including phenoxy) is 2. The molecule has 0 radical (unpaired) electrons. The Bertz CT molecular complexity index is 1270. The molecule has 1 unspecified atom stereocenters. The Balaban J connectivity index is 1.90. The van der Waals surface area contributed by atoms with Crippen LogP contribution >= 0.6 is 0 Å². The first kappa shape index (κ1) is 24.0. The number of carbonyl (C=O) groups is 2. The van der Waals surface area contributed by atoms with Crippen molar-refractivity contribution in [1.82, 2.24) is 9.88 Å². The summed E-state index contributed by atoms with van der Waals surface area (Å²) in [5, 5.41) is 11.4. The largest absolute Gasteiger partial charge is 0.507 e. The van der Waals surface area contributed by atoms with Crippen molar-refractivity contribution in [1.29, 1.82) is 0 Å². The first-order valence-electron chi connectivity index (χ1n) is 11.4. The van der Waals surface area contributed by atoms with Crippen LogP contribution < -0.4 is 9.47 Å². The van der Waals surface area contributed by atoms with Gasteiger partial charge in [0, 0.05) is 6.20 Å². The molecule has 35 heavy (non-hydrogen) atoms. The third kappa shape index (κ3) is 4.62. The third-order valence-electron chi connectivity index (χ3n) is 6.18. The molecule has 1 aliphatic rings. The minimum Gasteiger partial charge on any atom is -0.507 e. The van der Waals surface area contributed by atoms with Gasteiger partial charge in [-0.2, -0.15) is 0 Å². The summed E-state index contributed by atoms with van der Waals surface area (Å²) in [5.41, 5.74) is 2.75. The Labute approximate surface area is 204 Å². The minimum atomic E-state index is -0.797. The Kier molecular flexibility index (Phi) is 6.87. The number of pyridine rings is 1. The molecule has 1 N–H and O–H groups in total. The lowest BCUT2D eigenvalue weighted by Gasteiger charge is -2.25. The molecule has 0 aliphatic carbocycles. The molecule has 1 fully saturated rings. The fourth-order valence-electron chi connectivity index (χ4n) is 4.26. The fourth-order valence-corrected chi connectivity index (χ4v) is 4.26. The first-order valence-corrected chi connectivity index (χ1v) is 11.4. The number of ketones is 1. The second kappa shape index (κ2) is 10.0. The van der Waals surface area contributed by atoms with Crippen LogP contribution in [0.15, 0.2) is 72.4 Å². The molecule has 2 aromatic carbocycles. The molecule has 1 aliphatic heterocycles. The standard InChI is InChI=1S/C28H28N2O5/c1-17(2)18-8-10-19(11-9-18)25-24(26(31)22-15-21(34-3)12-13-23(22)35-4)27(32)28(33)30(25)16-20-7-5-6-14-29-20/h5-15,17,25,31H,16H2,1-4H3/b26-24+. The van der Waals surface area contributed by atoms with Crippen LogP contribution in [0.1, 0.15) is 48.2 Å². The number of hydrogen-bond donors (Lipinski definition) is 1. The molecule has 4 rings (SSSR count). The van der Waals surface area contributed by atoms with Crippen molar-refractivity contribution in [2.24, 2.45) is 0 Å². The summed E-state index contributed by atoms with van der Waals surface area (Å²) in [4.78, 5) is 32.3. The average molecular weight is 473 g/mol. The number of aromatic nitrogens is 1. The molecule has 2 heterocycles. The van der Waals surface area contributed by atoms with E-state index in [9.17, 15) is 14.7 Å². The molecule has 0 saturated carbocycles. The molecular formula is C28H28N2O5. The molecule has 1 saturated heterocycles. The van der Waals surface area contributed by atoms with E-state index in [2.05, 4.69) is 18.8 Å². The maximum atomic E-state index is 13.3. The van der Waals surface area contributed by atoms with Crippen molar-refractivity contribution in [2.75, 3.05) is 14.2 Å². The van der Waals surface area contributed by atoms with Gasteiger partial charge in [0.25, 0.3) is 11.7 Å². The van der Waals surface area contributed by atoms with E-state index < -0.39 is 17.7 Å². The van der Waals surface area contributed by atoms with Crippen LogP contribution in [-0.2, 0) is 16.1 Å². The van der Waals surface area contributed by atoms with Crippen LogP contribution in [0.2, 0.25) is 0 Å². The van der Waals surface area contributed by atoms with Crippen LogP contribution in [0.25, 0.3) is 5.76 Å². The minimum absolute atomic E-state index is 0.00483. The molecule has 0 spiro atoms. The highest BCUT2D eigenvalue weighted by Crippen LogP contribution is 2.42. The van der Waals surface area contributed by atoms with Gasteiger partial charge in [-0.05, 0) is 47.4 Å². The molecule has 1 atom stereocenters. The number of methoxy groups -OCH3 is 2. The maximum absolute atomic E-state index is 13.3. The lowest BCUT2D eigenvalue weighted by Crippen LogP contribution is -2.29. The topological polar surface area (TPSA) is 89.0 Å². The monoisotopic (exact) mass is 472 g/mol. The number of carbonyl (C=O) groups excluding carboxylic acids is 2. The second-order valence-electron chi connectivity index (χ2n) is 8.64. The Hall–Kier alpha value is -4.13. The molecule has 7 nitrogen and oxygen atoms in total. The Morgan fingerprint density at radius 3 is 2.37 bits per heavy atom. The van der Waals surface area contributed by atoms with Crippen molar-refractivity contribution in [3.8, 4) is 11.5 Å². The summed E-state index contributed by atoms with van der Waals surface area (Å²) in [6.45, 7) is 4.31. The smallest absolute Gasteiger partial charge is 0.296 e. The number of benzene rings is 2. The first-order chi connectivity index (χ1) is 16.8. The van der Waals surface area contributed by atoms with Gasteiger partial charge in [0.15, 0.2) is 0 Å². The molecule has 7 heteroatoms. The predicted molar refractivity (Wildman–Crippen MR) is 132 cm³/mol. The number of likely N-dealkylation sites (tertiary alicyclic amines) is 1. The van der Waals surface area contributed by atoms with E-state index in [1.54, 1.807) is 36.5 Å². The zero-order chi connectivity index (χ0) is 25.1. The van der Waals surface area contributed by atoms with Crippen LogP contribution in [0.5, 0.6) is 11.5 Å². The van der Waals surface area contributed by atoms with Gasteiger partial charge in [-0.15, -0.1) is 0 Å². The predicted octanol–water partition coefficient (Wildman–Crippen LogP) is 4.84. The van der Waals surface area contributed by atoms with E-state index in [0.29, 0.717) is 28.7 Å². The van der Waals surface area contributed by atoms with Crippen LogP contribution in [-0.4, -0.2) is 40.9 Å². The summed E-state index contributed by atoms with van der Waals surface area (Å²) >= 11 is 0. The average Bonchev–Trinajstić information content (AvgIpc) is 3.13. The van der Waals surface area contributed by atoms with Gasteiger partial charge in [-0.25, -0.2) is 0 Å². The molecule has 1 aromatic heterocycles. The number of Topliss-reactive ketones (excluding diaryl/α,β-unsaturated/α-hetero) is 1. The van der Waals surface area contributed by atoms with Gasteiger partial charge in [0.2, 0.25) is 0 Å². The van der Waals surface area contributed by atoms with Crippen LogP contribution in [0.4, 0.5) is 0 Å². The van der Waals surface area contributed by atoms with E-state index in [0.717, 1.165) is 5.56 Å². The fraction of sp³-hybridized carbons (Fsp3) is 0.250. The van der Waals surface area contributed by atoms with Crippen molar-refractivity contribution >= 4 is 17.4 Å². The van der Waals surface area contributed by atoms with Crippen molar-refractivity contribution in [3.05, 3.63) is 94.8 Å². The van der Waals surface area contributed by atoms with Gasteiger partial charge >= 0.3 is 0 Å². The number of hydrogen-bond acceptors (Lipinski definition) is 6. The van der Waals surface area contributed by atoms with Crippen molar-refractivity contribution in [3.63, 3.8) is 0 Å². The molecular weight excluding hydrogens is 444 g/mol. The summed E-state index contributed by atoms with van der Waals surface area (Å²) < 4.78 is 10.7. The second-order valence-corrected chi connectivity index (χ2v) is 8.64. The molecule has 3 aromatic rings. The highest BCUT2D eigenvalue weighted by atomic mass is 16.5. The molecule has 1 amide bonds. The molecule has 180 valence electrons. The van der Waals surface area contributed by atoms with Crippen LogP contribution in [0.3, 0.4) is 0 Å². The zero-order valence-corrected chi connectivity index (χ0v) is 20.2. The van der Waals surface area contributed by atoms with Gasteiger partial charge in [0.05, 0.1) is 43.6 Å². The summed E-state index contributed by atoms with van der Waals surface area (Å²) in [5.74, 6) is -0.621. The number of nitrogens with zero attached hydrogens (tertiary/aromatic N) is 2. The number of amides is 1. The third-order valence-corrected chi connectivity index (χ3v) is 6.18. The number of aliphatic hydroxyl groups is 1. The summed E-state index contributed by atoms with van der Waals surface area (Å²) in [7, 11) is 2.98. The summed E-state index contributed by atoms with van der Waals surface area (Å²) in [6.07, 6.45) is 1.64. The zero-order valence-electron chi connectivity index (χ0n) is 20.2. The Morgan fingerprint density at radius 1 is 1.03 bits per heavy atom. The van der Waals surface area contributed by atoms with E-state index >= 15 is 0 Å². The lowest BCUT2D eigenvalue weighted by molar-refractivity contribution is -0.140. The van der Waals surface area contributed by atoms with Crippen LogP contribution in [0, 0.1) is 0 Å². The maximum Gasteiger partial charge on any atom is 0.296 e. The van der Waals surface area contributed by atoms with E-state index in [4.69, 9.17) is 9.47 Å². The highest BCUT2D eigenvalue weighted by Gasteiger charge is 2.46. The SMILES string of the molecule is COc1ccc(OC)c(/C(O)=C2\C(=O)C(=O)N(Cc3ccccn3)C2c2ccc(C(C)C)cc2)c1. The summed E-state index contributed by atoms with van der Waals surface area (Å²) in [6, 6.07) is 17.3. The van der Waals surface area contributed by atoms with E-state index in [-0.39, 0.29) is 23.4 Å².